The van der Waals surface area contributed by atoms with E-state index in [1.165, 1.54) is 12.1 Å². The van der Waals surface area contributed by atoms with Crippen molar-refractivity contribution in [2.75, 3.05) is 11.5 Å². The summed E-state index contributed by atoms with van der Waals surface area (Å²) in [6.07, 6.45) is 1.43. The molecule has 6 nitrogen and oxygen atoms in total. The molecule has 8 heteroatoms. The zero-order chi connectivity index (χ0) is 19.6. The minimum atomic E-state index is -0.840. The number of halogens is 2. The Kier molecular flexibility index (Phi) is 5.81. The van der Waals surface area contributed by atoms with Crippen LogP contribution in [0.5, 0.6) is 5.75 Å². The lowest BCUT2D eigenvalue weighted by atomic mass is 10.1. The SMILES string of the molecule is CCOc1cc(I)cc(/C=C2\C(=O)NC(=O)N(c3ccccc3Cl)C2=O)c1. The number of imide groups is 2. The van der Waals surface area contributed by atoms with E-state index >= 15 is 0 Å². The number of carbonyl (C=O) groups is 3. The lowest BCUT2D eigenvalue weighted by Crippen LogP contribution is -2.54. The Morgan fingerprint density at radius 1 is 1.19 bits per heavy atom. The Balaban J connectivity index is 2.03. The summed E-state index contributed by atoms with van der Waals surface area (Å²) in [5.74, 6) is -0.877. The van der Waals surface area contributed by atoms with Crippen molar-refractivity contribution in [3.63, 3.8) is 0 Å². The van der Waals surface area contributed by atoms with Crippen molar-refractivity contribution in [3.05, 3.63) is 62.2 Å². The summed E-state index contributed by atoms with van der Waals surface area (Å²) in [5.41, 5.74) is 0.647. The van der Waals surface area contributed by atoms with Crippen LogP contribution in [0, 0.1) is 3.57 Å². The van der Waals surface area contributed by atoms with Crippen molar-refractivity contribution in [1.29, 1.82) is 0 Å². The van der Waals surface area contributed by atoms with Gasteiger partial charge in [-0.1, -0.05) is 23.7 Å². The van der Waals surface area contributed by atoms with Gasteiger partial charge in [-0.2, -0.15) is 0 Å². The van der Waals surface area contributed by atoms with Gasteiger partial charge < -0.3 is 4.74 Å². The maximum absolute atomic E-state index is 12.9. The molecule has 1 heterocycles. The molecule has 0 unspecified atom stereocenters. The van der Waals surface area contributed by atoms with Crippen molar-refractivity contribution in [3.8, 4) is 5.75 Å². The van der Waals surface area contributed by atoms with Gasteiger partial charge in [-0.05, 0) is 71.5 Å². The van der Waals surface area contributed by atoms with E-state index in [1.54, 1.807) is 30.3 Å². The van der Waals surface area contributed by atoms with Gasteiger partial charge in [-0.3, -0.25) is 14.9 Å². The standard InChI is InChI=1S/C19H14ClIN2O4/c1-2-27-13-8-11(7-12(21)10-13)9-14-17(24)22-19(26)23(18(14)25)16-6-4-3-5-15(16)20/h3-10H,2H2,1H3,(H,22,24,26)/b14-9+. The van der Waals surface area contributed by atoms with Crippen molar-refractivity contribution < 1.29 is 19.1 Å². The average Bonchev–Trinajstić information content (AvgIpc) is 2.60. The van der Waals surface area contributed by atoms with Crippen molar-refractivity contribution in [2.45, 2.75) is 6.92 Å². The van der Waals surface area contributed by atoms with Crippen LogP contribution in [-0.2, 0) is 9.59 Å². The van der Waals surface area contributed by atoms with Crippen LogP contribution in [0.15, 0.2) is 48.0 Å². The molecule has 0 atom stereocenters. The molecule has 0 saturated carbocycles. The van der Waals surface area contributed by atoms with Gasteiger partial charge >= 0.3 is 6.03 Å². The van der Waals surface area contributed by atoms with E-state index in [2.05, 4.69) is 27.9 Å². The Labute approximate surface area is 174 Å². The number of hydrogen-bond donors (Lipinski definition) is 1. The number of nitrogens with zero attached hydrogens (tertiary/aromatic N) is 1. The van der Waals surface area contributed by atoms with E-state index in [0.29, 0.717) is 17.9 Å². The quantitative estimate of drug-likeness (QED) is 0.394. The molecule has 1 N–H and O–H groups in total. The Morgan fingerprint density at radius 2 is 1.93 bits per heavy atom. The molecule has 4 amide bonds. The fourth-order valence-electron chi connectivity index (χ4n) is 2.59. The first kappa shape index (κ1) is 19.4. The largest absolute Gasteiger partial charge is 0.494 e. The molecule has 0 aromatic heterocycles. The number of barbiturate groups is 1. The number of benzene rings is 2. The van der Waals surface area contributed by atoms with Gasteiger partial charge in [0.2, 0.25) is 0 Å². The number of urea groups is 1. The smallest absolute Gasteiger partial charge is 0.335 e. The lowest BCUT2D eigenvalue weighted by Gasteiger charge is -2.27. The summed E-state index contributed by atoms with van der Waals surface area (Å²) in [7, 11) is 0. The van der Waals surface area contributed by atoms with Crippen LogP contribution in [0.25, 0.3) is 6.08 Å². The summed E-state index contributed by atoms with van der Waals surface area (Å²) >= 11 is 8.23. The molecule has 1 aliphatic rings. The van der Waals surface area contributed by atoms with Crippen LogP contribution in [0.4, 0.5) is 10.5 Å². The van der Waals surface area contributed by atoms with Gasteiger partial charge in [0.05, 0.1) is 17.3 Å². The number of nitrogens with one attached hydrogen (secondary N) is 1. The van der Waals surface area contributed by atoms with E-state index in [1.807, 2.05) is 13.0 Å². The van der Waals surface area contributed by atoms with Crippen LogP contribution in [0.2, 0.25) is 5.02 Å². The second-order valence-electron chi connectivity index (χ2n) is 5.56. The lowest BCUT2D eigenvalue weighted by molar-refractivity contribution is -0.122. The number of carbonyl (C=O) groups excluding carboxylic acids is 3. The molecule has 0 radical (unpaired) electrons. The van der Waals surface area contributed by atoms with E-state index in [-0.39, 0.29) is 16.3 Å². The molecule has 1 saturated heterocycles. The first-order chi connectivity index (χ1) is 12.9. The minimum absolute atomic E-state index is 0.168. The molecule has 0 aliphatic carbocycles. The van der Waals surface area contributed by atoms with Gasteiger partial charge in [0, 0.05) is 3.57 Å². The monoisotopic (exact) mass is 496 g/mol. The van der Waals surface area contributed by atoms with E-state index in [9.17, 15) is 14.4 Å². The van der Waals surface area contributed by atoms with Gasteiger partial charge in [0.15, 0.2) is 0 Å². The summed E-state index contributed by atoms with van der Waals surface area (Å²) < 4.78 is 6.37. The normalized spacial score (nSPS) is 15.9. The fourth-order valence-corrected chi connectivity index (χ4v) is 3.48. The second-order valence-corrected chi connectivity index (χ2v) is 7.22. The molecular formula is C19H14ClIN2O4. The highest BCUT2D eigenvalue weighted by atomic mass is 127. The first-order valence-electron chi connectivity index (χ1n) is 8.00. The average molecular weight is 497 g/mol. The molecule has 0 spiro atoms. The van der Waals surface area contributed by atoms with Crippen LogP contribution in [-0.4, -0.2) is 24.5 Å². The van der Waals surface area contributed by atoms with E-state index in [0.717, 1.165) is 8.47 Å². The Morgan fingerprint density at radius 3 is 2.63 bits per heavy atom. The summed E-state index contributed by atoms with van der Waals surface area (Å²) in [6.45, 7) is 2.35. The summed E-state index contributed by atoms with van der Waals surface area (Å²) in [4.78, 5) is 38.2. The highest BCUT2D eigenvalue weighted by Gasteiger charge is 2.37. The van der Waals surface area contributed by atoms with E-state index in [4.69, 9.17) is 16.3 Å². The molecule has 3 rings (SSSR count). The number of anilines is 1. The van der Waals surface area contributed by atoms with Gasteiger partial charge in [0.1, 0.15) is 11.3 Å². The third kappa shape index (κ3) is 4.14. The summed E-state index contributed by atoms with van der Waals surface area (Å²) in [5, 5.41) is 2.40. The maximum atomic E-state index is 12.9. The molecule has 1 fully saturated rings. The van der Waals surface area contributed by atoms with Crippen LogP contribution in [0.3, 0.4) is 0 Å². The molecule has 1 aliphatic heterocycles. The third-order valence-electron chi connectivity index (χ3n) is 3.71. The van der Waals surface area contributed by atoms with Crippen molar-refractivity contribution in [1.82, 2.24) is 5.32 Å². The van der Waals surface area contributed by atoms with Crippen LogP contribution < -0.4 is 15.0 Å². The Bertz CT molecular complexity index is 974. The van der Waals surface area contributed by atoms with Crippen LogP contribution in [0.1, 0.15) is 12.5 Å². The number of ether oxygens (including phenoxy) is 1. The maximum Gasteiger partial charge on any atom is 0.335 e. The predicted molar refractivity (Wildman–Crippen MR) is 111 cm³/mol. The van der Waals surface area contributed by atoms with E-state index < -0.39 is 17.8 Å². The Hall–Kier alpha value is -2.39. The molecular weight excluding hydrogens is 483 g/mol. The molecule has 2 aromatic rings. The minimum Gasteiger partial charge on any atom is -0.494 e. The second kappa shape index (κ2) is 8.10. The number of para-hydroxylation sites is 1. The first-order valence-corrected chi connectivity index (χ1v) is 9.45. The molecule has 0 bridgehead atoms. The highest BCUT2D eigenvalue weighted by molar-refractivity contribution is 14.1. The fraction of sp³-hybridized carbons (Fsp3) is 0.105. The van der Waals surface area contributed by atoms with Crippen molar-refractivity contribution in [2.24, 2.45) is 0 Å². The number of hydrogen-bond acceptors (Lipinski definition) is 4. The van der Waals surface area contributed by atoms with Gasteiger partial charge in [-0.25, -0.2) is 9.69 Å². The van der Waals surface area contributed by atoms with Crippen molar-refractivity contribution >= 4 is 63.8 Å². The van der Waals surface area contributed by atoms with Gasteiger partial charge in [-0.15, -0.1) is 0 Å². The molecule has 2 aromatic carbocycles. The molecule has 27 heavy (non-hydrogen) atoms. The topological polar surface area (TPSA) is 75.7 Å². The third-order valence-corrected chi connectivity index (χ3v) is 4.65. The number of amides is 4. The highest BCUT2D eigenvalue weighted by Crippen LogP contribution is 2.29. The van der Waals surface area contributed by atoms with Crippen LogP contribution >= 0.6 is 34.2 Å². The molecule has 138 valence electrons. The zero-order valence-electron chi connectivity index (χ0n) is 14.2. The zero-order valence-corrected chi connectivity index (χ0v) is 17.1. The van der Waals surface area contributed by atoms with Gasteiger partial charge in [0.25, 0.3) is 11.8 Å². The predicted octanol–water partition coefficient (Wildman–Crippen LogP) is 4.01. The summed E-state index contributed by atoms with van der Waals surface area (Å²) in [6, 6.07) is 10.9. The number of rotatable bonds is 4.